The molecule has 1 aliphatic rings. The van der Waals surface area contributed by atoms with E-state index >= 15 is 0 Å². The van der Waals surface area contributed by atoms with Crippen LogP contribution >= 0.6 is 0 Å². The highest BCUT2D eigenvalue weighted by molar-refractivity contribution is 7.92. The minimum absolute atomic E-state index is 0.0620. The van der Waals surface area contributed by atoms with Gasteiger partial charge in [-0.25, -0.2) is 17.6 Å². The topological polar surface area (TPSA) is 91.8 Å². The molecule has 8 heteroatoms. The van der Waals surface area contributed by atoms with Crippen LogP contribution in [0.4, 0.5) is 4.39 Å². The van der Waals surface area contributed by atoms with Crippen LogP contribution in [0, 0.1) is 5.82 Å². The van der Waals surface area contributed by atoms with Gasteiger partial charge in [0.2, 0.25) is 5.91 Å². The molecular weight excluding hydrogens is 301 g/mol. The van der Waals surface area contributed by atoms with E-state index in [0.717, 1.165) is 25.0 Å². The van der Waals surface area contributed by atoms with Crippen LogP contribution in [0.2, 0.25) is 0 Å². The second-order valence-corrected chi connectivity index (χ2v) is 6.90. The lowest BCUT2D eigenvalue weighted by molar-refractivity contribution is -0.127. The highest BCUT2D eigenvalue weighted by Crippen LogP contribution is 2.26. The summed E-state index contributed by atoms with van der Waals surface area (Å²) in [6.45, 7) is 0. The van der Waals surface area contributed by atoms with E-state index in [1.165, 1.54) is 11.9 Å². The molecule has 0 radical (unpaired) electrons. The van der Waals surface area contributed by atoms with Crippen LogP contribution in [0.15, 0.2) is 23.1 Å². The molecule has 0 saturated heterocycles. The fourth-order valence-electron chi connectivity index (χ4n) is 1.89. The molecular formula is C13H14FNO5S. The Morgan fingerprint density at radius 2 is 2.00 bits per heavy atom. The van der Waals surface area contributed by atoms with E-state index in [9.17, 15) is 22.4 Å². The largest absolute Gasteiger partial charge is 0.478 e. The molecule has 0 unspecified atom stereocenters. The Labute approximate surface area is 121 Å². The molecule has 0 spiro atoms. The second-order valence-electron chi connectivity index (χ2n) is 4.95. The van der Waals surface area contributed by atoms with Gasteiger partial charge in [-0.05, 0) is 31.0 Å². The first-order valence-corrected chi connectivity index (χ1v) is 7.89. The molecule has 21 heavy (non-hydrogen) atoms. The lowest BCUT2D eigenvalue weighted by Crippen LogP contribution is -2.34. The number of benzene rings is 1. The number of hydrogen-bond acceptors (Lipinski definition) is 4. The normalized spacial score (nSPS) is 14.8. The lowest BCUT2D eigenvalue weighted by atomic mass is 10.2. The maximum atomic E-state index is 13.8. The molecule has 0 aliphatic heterocycles. The molecule has 0 heterocycles. The number of carboxylic acids is 1. The number of nitrogens with zero attached hydrogens (tertiary/aromatic N) is 1. The van der Waals surface area contributed by atoms with E-state index in [4.69, 9.17) is 5.11 Å². The Morgan fingerprint density at radius 3 is 2.48 bits per heavy atom. The van der Waals surface area contributed by atoms with Crippen LogP contribution < -0.4 is 0 Å². The van der Waals surface area contributed by atoms with Gasteiger partial charge >= 0.3 is 5.97 Å². The third-order valence-electron chi connectivity index (χ3n) is 3.32. The number of carbonyl (C=O) groups excluding carboxylic acids is 1. The van der Waals surface area contributed by atoms with Crippen molar-refractivity contribution >= 4 is 21.7 Å². The summed E-state index contributed by atoms with van der Waals surface area (Å²) in [5.74, 6) is -3.96. The average molecular weight is 315 g/mol. The van der Waals surface area contributed by atoms with Crippen molar-refractivity contribution < 1.29 is 27.5 Å². The molecule has 1 fully saturated rings. The average Bonchev–Trinajstić information content (AvgIpc) is 3.20. The first-order valence-electron chi connectivity index (χ1n) is 6.23. The summed E-state index contributed by atoms with van der Waals surface area (Å²) >= 11 is 0. The number of carboxylic acid groups (broad SMARTS) is 1. The maximum absolute atomic E-state index is 13.8. The molecule has 1 aromatic rings. The van der Waals surface area contributed by atoms with E-state index in [1.807, 2.05) is 0 Å². The predicted octanol–water partition coefficient (Wildman–Crippen LogP) is 0.918. The summed E-state index contributed by atoms with van der Waals surface area (Å²) in [4.78, 5) is 23.2. The molecule has 1 saturated carbocycles. The molecule has 1 aliphatic carbocycles. The maximum Gasteiger partial charge on any atom is 0.335 e. The zero-order valence-corrected chi connectivity index (χ0v) is 12.1. The summed E-state index contributed by atoms with van der Waals surface area (Å²) in [5.41, 5.74) is -0.354. The first kappa shape index (κ1) is 15.4. The number of halogens is 1. The monoisotopic (exact) mass is 315 g/mol. The minimum atomic E-state index is -4.14. The van der Waals surface area contributed by atoms with Crippen molar-refractivity contribution in [2.75, 3.05) is 12.8 Å². The zero-order chi connectivity index (χ0) is 15.8. The molecule has 0 bridgehead atoms. The van der Waals surface area contributed by atoms with Crippen LogP contribution in [0.25, 0.3) is 0 Å². The Kier molecular flexibility index (Phi) is 3.99. The van der Waals surface area contributed by atoms with Crippen molar-refractivity contribution in [2.45, 2.75) is 23.8 Å². The SMILES string of the molecule is CN(C(=O)CS(=O)(=O)c1ccc(C(=O)O)cc1F)C1CC1. The summed E-state index contributed by atoms with van der Waals surface area (Å²) < 4.78 is 37.9. The van der Waals surface area contributed by atoms with Gasteiger partial charge in [0.25, 0.3) is 0 Å². The fourth-order valence-corrected chi connectivity index (χ4v) is 3.21. The molecule has 1 amide bonds. The Morgan fingerprint density at radius 1 is 1.38 bits per heavy atom. The Hall–Kier alpha value is -1.96. The Bertz CT molecular complexity index is 697. The molecule has 1 aromatic carbocycles. The van der Waals surface area contributed by atoms with Crippen LogP contribution in [0.3, 0.4) is 0 Å². The second kappa shape index (κ2) is 5.44. The van der Waals surface area contributed by atoms with Crippen molar-refractivity contribution in [3.63, 3.8) is 0 Å². The van der Waals surface area contributed by atoms with E-state index in [2.05, 4.69) is 0 Å². The van der Waals surface area contributed by atoms with Crippen molar-refractivity contribution in [3.8, 4) is 0 Å². The standard InChI is InChI=1S/C13H14FNO5S/c1-15(9-3-4-9)12(16)7-21(19,20)11-5-2-8(13(17)18)6-10(11)14/h2,5-6,9H,3-4,7H2,1H3,(H,17,18). The van der Waals surface area contributed by atoms with Crippen molar-refractivity contribution in [2.24, 2.45) is 0 Å². The lowest BCUT2D eigenvalue weighted by Gasteiger charge is -2.16. The van der Waals surface area contributed by atoms with E-state index in [0.29, 0.717) is 6.07 Å². The molecule has 0 atom stereocenters. The van der Waals surface area contributed by atoms with E-state index < -0.39 is 38.2 Å². The fraction of sp³-hybridized carbons (Fsp3) is 0.385. The van der Waals surface area contributed by atoms with Crippen molar-refractivity contribution in [1.82, 2.24) is 4.90 Å². The highest BCUT2D eigenvalue weighted by atomic mass is 32.2. The van der Waals surface area contributed by atoms with Crippen LogP contribution in [-0.2, 0) is 14.6 Å². The summed E-state index contributed by atoms with van der Waals surface area (Å²) in [5, 5.41) is 8.71. The summed E-state index contributed by atoms with van der Waals surface area (Å²) in [7, 11) is -2.63. The Balaban J connectivity index is 2.23. The minimum Gasteiger partial charge on any atom is -0.478 e. The van der Waals surface area contributed by atoms with Gasteiger partial charge in [0.1, 0.15) is 16.5 Å². The predicted molar refractivity (Wildman–Crippen MR) is 71.2 cm³/mol. The van der Waals surface area contributed by atoms with Crippen molar-refractivity contribution in [3.05, 3.63) is 29.6 Å². The highest BCUT2D eigenvalue weighted by Gasteiger charge is 2.32. The first-order chi connectivity index (χ1) is 9.72. The molecule has 114 valence electrons. The van der Waals surface area contributed by atoms with Gasteiger partial charge in [0, 0.05) is 13.1 Å². The van der Waals surface area contributed by atoms with Gasteiger partial charge in [-0.15, -0.1) is 0 Å². The van der Waals surface area contributed by atoms with Crippen LogP contribution in [0.5, 0.6) is 0 Å². The molecule has 2 rings (SSSR count). The van der Waals surface area contributed by atoms with Gasteiger partial charge < -0.3 is 10.0 Å². The smallest absolute Gasteiger partial charge is 0.335 e. The van der Waals surface area contributed by atoms with Crippen LogP contribution in [-0.4, -0.2) is 49.1 Å². The third-order valence-corrected chi connectivity index (χ3v) is 4.94. The van der Waals surface area contributed by atoms with Gasteiger partial charge in [0.05, 0.1) is 5.56 Å². The number of sulfone groups is 1. The van der Waals surface area contributed by atoms with E-state index in [-0.39, 0.29) is 11.6 Å². The zero-order valence-electron chi connectivity index (χ0n) is 11.2. The van der Waals surface area contributed by atoms with Gasteiger partial charge in [-0.3, -0.25) is 4.79 Å². The molecule has 0 aromatic heterocycles. The van der Waals surface area contributed by atoms with Gasteiger partial charge in [-0.2, -0.15) is 0 Å². The van der Waals surface area contributed by atoms with E-state index in [1.54, 1.807) is 0 Å². The number of carbonyl (C=O) groups is 2. The number of rotatable bonds is 5. The number of amides is 1. The van der Waals surface area contributed by atoms with Crippen LogP contribution in [0.1, 0.15) is 23.2 Å². The molecule has 1 N–H and O–H groups in total. The van der Waals surface area contributed by atoms with Gasteiger partial charge in [-0.1, -0.05) is 0 Å². The summed E-state index contributed by atoms with van der Waals surface area (Å²) in [6.07, 6.45) is 1.67. The summed E-state index contributed by atoms with van der Waals surface area (Å²) in [6, 6.07) is 2.56. The molecule has 6 nitrogen and oxygen atoms in total. The number of hydrogen-bond donors (Lipinski definition) is 1. The van der Waals surface area contributed by atoms with Crippen molar-refractivity contribution in [1.29, 1.82) is 0 Å². The van der Waals surface area contributed by atoms with Gasteiger partial charge in [0.15, 0.2) is 9.84 Å². The quantitative estimate of drug-likeness (QED) is 0.872. The number of aromatic carboxylic acids is 1. The third kappa shape index (κ3) is 3.38.